The summed E-state index contributed by atoms with van der Waals surface area (Å²) in [6, 6.07) is 14.1. The molecule has 2 rings (SSSR count). The fourth-order valence-electron chi connectivity index (χ4n) is 2.31. The molecule has 30 heavy (non-hydrogen) atoms. The van der Waals surface area contributed by atoms with Gasteiger partial charge in [-0.25, -0.2) is 18.4 Å². The van der Waals surface area contributed by atoms with E-state index in [-0.39, 0.29) is 10.5 Å². The molecule has 0 bridgehead atoms. The second-order valence-electron chi connectivity index (χ2n) is 6.35. The number of primary sulfonamides is 1. The molecule has 2 aromatic carbocycles. The van der Waals surface area contributed by atoms with E-state index in [0.717, 1.165) is 5.69 Å². The SMILES string of the molecule is CN(C)c1ccc(/C=C(\C#N)C(=O)OCC(=O)Nc2ccc(S(N)(=O)=O)cc2)cc1. The topological polar surface area (TPSA) is 143 Å². The van der Waals surface area contributed by atoms with Gasteiger partial charge in [-0.15, -0.1) is 0 Å². The predicted molar refractivity (Wildman–Crippen MR) is 112 cm³/mol. The molecule has 0 aliphatic rings. The summed E-state index contributed by atoms with van der Waals surface area (Å²) >= 11 is 0. The Kier molecular flexibility index (Phi) is 7.30. The number of hydrogen-bond acceptors (Lipinski definition) is 7. The van der Waals surface area contributed by atoms with Crippen molar-refractivity contribution in [2.24, 2.45) is 5.14 Å². The standard InChI is InChI=1S/C20H20N4O5S/c1-24(2)17-7-3-14(4-8-17)11-15(12-21)20(26)29-13-19(25)23-16-5-9-18(10-6-16)30(22,27)28/h3-11H,13H2,1-2H3,(H,23,25)(H2,22,27,28)/b15-11+. The molecule has 2 aromatic rings. The van der Waals surface area contributed by atoms with E-state index in [4.69, 9.17) is 9.88 Å². The molecule has 0 aliphatic carbocycles. The molecule has 0 aliphatic heterocycles. The number of nitrogens with two attached hydrogens (primary N) is 1. The highest BCUT2D eigenvalue weighted by Crippen LogP contribution is 2.15. The first-order valence-corrected chi connectivity index (χ1v) is 10.1. The van der Waals surface area contributed by atoms with Crippen molar-refractivity contribution < 1.29 is 22.7 Å². The smallest absolute Gasteiger partial charge is 0.349 e. The van der Waals surface area contributed by atoms with Gasteiger partial charge in [-0.3, -0.25) is 4.79 Å². The van der Waals surface area contributed by atoms with Crippen LogP contribution in [0.4, 0.5) is 11.4 Å². The van der Waals surface area contributed by atoms with E-state index in [0.29, 0.717) is 11.3 Å². The molecule has 0 saturated carbocycles. The molecule has 1 amide bonds. The van der Waals surface area contributed by atoms with Crippen LogP contribution in [0, 0.1) is 11.3 Å². The minimum Gasteiger partial charge on any atom is -0.451 e. The summed E-state index contributed by atoms with van der Waals surface area (Å²) in [6.07, 6.45) is 1.37. The Morgan fingerprint density at radius 2 is 1.73 bits per heavy atom. The van der Waals surface area contributed by atoms with Crippen LogP contribution in [0.2, 0.25) is 0 Å². The second kappa shape index (κ2) is 9.69. The normalized spacial score (nSPS) is 11.3. The first-order chi connectivity index (χ1) is 14.1. The molecular formula is C20H20N4O5S. The van der Waals surface area contributed by atoms with Crippen LogP contribution in [0.3, 0.4) is 0 Å². The van der Waals surface area contributed by atoms with Crippen LogP contribution in [0.15, 0.2) is 59.0 Å². The summed E-state index contributed by atoms with van der Waals surface area (Å²) < 4.78 is 27.3. The van der Waals surface area contributed by atoms with Crippen LogP contribution in [0.1, 0.15) is 5.56 Å². The Morgan fingerprint density at radius 3 is 2.23 bits per heavy atom. The number of amides is 1. The van der Waals surface area contributed by atoms with E-state index < -0.39 is 28.5 Å². The van der Waals surface area contributed by atoms with Gasteiger partial charge in [-0.1, -0.05) is 12.1 Å². The predicted octanol–water partition coefficient (Wildman–Crippen LogP) is 1.49. The van der Waals surface area contributed by atoms with Crippen LogP contribution < -0.4 is 15.4 Å². The third-order valence-corrected chi connectivity index (χ3v) is 4.79. The molecule has 0 heterocycles. The zero-order valence-corrected chi connectivity index (χ0v) is 17.1. The Hall–Kier alpha value is -3.68. The molecule has 9 nitrogen and oxygen atoms in total. The highest BCUT2D eigenvalue weighted by Gasteiger charge is 2.14. The first-order valence-electron chi connectivity index (χ1n) is 8.59. The molecule has 0 spiro atoms. The maximum Gasteiger partial charge on any atom is 0.349 e. The second-order valence-corrected chi connectivity index (χ2v) is 7.91. The van der Waals surface area contributed by atoms with E-state index in [1.807, 2.05) is 31.1 Å². The van der Waals surface area contributed by atoms with Gasteiger partial charge in [0.15, 0.2) is 6.61 Å². The Bertz CT molecular complexity index is 1100. The van der Waals surface area contributed by atoms with Gasteiger partial charge in [0.1, 0.15) is 11.6 Å². The van der Waals surface area contributed by atoms with Crippen molar-refractivity contribution >= 4 is 39.4 Å². The van der Waals surface area contributed by atoms with Crippen molar-refractivity contribution in [3.8, 4) is 6.07 Å². The van der Waals surface area contributed by atoms with Crippen LogP contribution >= 0.6 is 0 Å². The molecule has 0 unspecified atom stereocenters. The Balaban J connectivity index is 1.95. The Labute approximate surface area is 174 Å². The summed E-state index contributed by atoms with van der Waals surface area (Å²) in [6.45, 7) is -0.617. The zero-order valence-electron chi connectivity index (χ0n) is 16.3. The van der Waals surface area contributed by atoms with Gasteiger partial charge < -0.3 is 15.0 Å². The zero-order chi connectivity index (χ0) is 22.3. The number of nitrogens with one attached hydrogen (secondary N) is 1. The minimum absolute atomic E-state index is 0.102. The summed E-state index contributed by atoms with van der Waals surface area (Å²) in [7, 11) is -0.0533. The van der Waals surface area contributed by atoms with E-state index in [2.05, 4.69) is 5.32 Å². The van der Waals surface area contributed by atoms with Gasteiger partial charge in [-0.2, -0.15) is 5.26 Å². The number of anilines is 2. The van der Waals surface area contributed by atoms with Gasteiger partial charge in [-0.05, 0) is 48.0 Å². The van der Waals surface area contributed by atoms with E-state index >= 15 is 0 Å². The van der Waals surface area contributed by atoms with Gasteiger partial charge in [0.05, 0.1) is 4.90 Å². The highest BCUT2D eigenvalue weighted by molar-refractivity contribution is 7.89. The van der Waals surface area contributed by atoms with Crippen molar-refractivity contribution in [2.45, 2.75) is 4.90 Å². The third-order valence-electron chi connectivity index (χ3n) is 3.86. The molecule has 0 saturated heterocycles. The van der Waals surface area contributed by atoms with Gasteiger partial charge in [0.25, 0.3) is 5.91 Å². The van der Waals surface area contributed by atoms with E-state index in [1.165, 1.54) is 30.3 Å². The lowest BCUT2D eigenvalue weighted by Crippen LogP contribution is -2.21. The molecule has 0 radical (unpaired) electrons. The maximum absolute atomic E-state index is 12.1. The lowest BCUT2D eigenvalue weighted by molar-refractivity contribution is -0.142. The first kappa shape index (κ1) is 22.6. The molecule has 156 valence electrons. The monoisotopic (exact) mass is 428 g/mol. The van der Waals surface area contributed by atoms with Crippen LogP contribution in [-0.2, 0) is 24.3 Å². The molecular weight excluding hydrogens is 408 g/mol. The number of sulfonamides is 1. The molecule has 3 N–H and O–H groups in total. The number of carbonyl (C=O) groups is 2. The van der Waals surface area contributed by atoms with Crippen molar-refractivity contribution in [1.82, 2.24) is 0 Å². The van der Waals surface area contributed by atoms with Crippen LogP contribution in [0.5, 0.6) is 0 Å². The number of nitrogens with zero attached hydrogens (tertiary/aromatic N) is 2. The quantitative estimate of drug-likeness (QED) is 0.386. The van der Waals surface area contributed by atoms with Gasteiger partial charge in [0.2, 0.25) is 10.0 Å². The summed E-state index contributed by atoms with van der Waals surface area (Å²) in [5.74, 6) is -1.59. The van der Waals surface area contributed by atoms with Crippen LogP contribution in [0.25, 0.3) is 6.08 Å². The molecule has 0 atom stereocenters. The number of esters is 1. The number of carbonyl (C=O) groups excluding carboxylic acids is 2. The molecule has 10 heteroatoms. The Morgan fingerprint density at radius 1 is 1.13 bits per heavy atom. The molecule has 0 fully saturated rings. The number of benzene rings is 2. The summed E-state index contributed by atoms with van der Waals surface area (Å²) in [5.41, 5.74) is 1.63. The maximum atomic E-state index is 12.1. The number of hydrogen-bond donors (Lipinski definition) is 2. The van der Waals surface area contributed by atoms with Crippen molar-refractivity contribution in [2.75, 3.05) is 30.9 Å². The largest absolute Gasteiger partial charge is 0.451 e. The fourth-order valence-corrected chi connectivity index (χ4v) is 2.82. The lowest BCUT2D eigenvalue weighted by atomic mass is 10.1. The number of rotatable bonds is 7. The van der Waals surface area contributed by atoms with Crippen molar-refractivity contribution in [1.29, 1.82) is 5.26 Å². The minimum atomic E-state index is -3.84. The van der Waals surface area contributed by atoms with E-state index in [1.54, 1.807) is 18.2 Å². The highest BCUT2D eigenvalue weighted by atomic mass is 32.2. The van der Waals surface area contributed by atoms with E-state index in [9.17, 15) is 23.3 Å². The summed E-state index contributed by atoms with van der Waals surface area (Å²) in [4.78, 5) is 25.8. The number of nitriles is 1. The van der Waals surface area contributed by atoms with Gasteiger partial charge in [0, 0.05) is 25.5 Å². The fraction of sp³-hybridized carbons (Fsp3) is 0.150. The van der Waals surface area contributed by atoms with Crippen molar-refractivity contribution in [3.05, 3.63) is 59.7 Å². The average Bonchev–Trinajstić information content (AvgIpc) is 2.70. The van der Waals surface area contributed by atoms with Crippen LogP contribution in [-0.4, -0.2) is 41.0 Å². The summed E-state index contributed by atoms with van der Waals surface area (Å²) in [5, 5.41) is 16.6. The van der Waals surface area contributed by atoms with Crippen molar-refractivity contribution in [3.63, 3.8) is 0 Å². The third kappa shape index (κ3) is 6.44. The number of ether oxygens (including phenoxy) is 1. The van der Waals surface area contributed by atoms with Gasteiger partial charge >= 0.3 is 5.97 Å². The lowest BCUT2D eigenvalue weighted by Gasteiger charge is -2.11. The average molecular weight is 428 g/mol. The molecule has 0 aromatic heterocycles.